The summed E-state index contributed by atoms with van der Waals surface area (Å²) in [5.41, 5.74) is 0.603. The van der Waals surface area contributed by atoms with Crippen LogP contribution in [0.3, 0.4) is 0 Å². The lowest BCUT2D eigenvalue weighted by molar-refractivity contribution is 0.0952. The van der Waals surface area contributed by atoms with Crippen molar-refractivity contribution in [2.45, 2.75) is 25.7 Å². The van der Waals surface area contributed by atoms with Crippen LogP contribution in [0.5, 0.6) is 0 Å². The van der Waals surface area contributed by atoms with Crippen molar-refractivity contribution < 1.29 is 4.79 Å². The van der Waals surface area contributed by atoms with Crippen LogP contribution in [0.2, 0.25) is 0 Å². The molecule has 1 rings (SSSR count). The molecule has 0 fully saturated rings. The van der Waals surface area contributed by atoms with E-state index in [-0.39, 0.29) is 5.91 Å². The number of nitrogens with one attached hydrogen (secondary N) is 1. The number of rotatable bonds is 8. The second kappa shape index (κ2) is 9.39. The van der Waals surface area contributed by atoms with Gasteiger partial charge < -0.3 is 5.32 Å². The summed E-state index contributed by atoms with van der Waals surface area (Å²) in [6.45, 7) is 0.741. The second-order valence-corrected chi connectivity index (χ2v) is 5.96. The van der Waals surface area contributed by atoms with E-state index in [1.807, 2.05) is 11.8 Å². The van der Waals surface area contributed by atoms with Crippen LogP contribution in [0.15, 0.2) is 22.9 Å². The normalized spacial score (nSPS) is 10.3. The molecule has 5 heteroatoms. The maximum absolute atomic E-state index is 11.8. The quantitative estimate of drug-likeness (QED) is 0.742. The van der Waals surface area contributed by atoms with E-state index in [2.05, 4.69) is 32.5 Å². The fraction of sp³-hybridized carbons (Fsp3) is 0.538. The molecule has 3 nitrogen and oxygen atoms in total. The highest BCUT2D eigenvalue weighted by Gasteiger charge is 2.05. The molecule has 0 saturated carbocycles. The molecule has 0 aliphatic rings. The number of amides is 1. The Labute approximate surface area is 121 Å². The molecular weight excluding hydrogens is 312 g/mol. The Morgan fingerprint density at radius 2 is 2.11 bits per heavy atom. The summed E-state index contributed by atoms with van der Waals surface area (Å²) in [6.07, 6.45) is 10.1. The van der Waals surface area contributed by atoms with Crippen LogP contribution in [-0.2, 0) is 0 Å². The standard InChI is InChI=1S/C13H19BrN2OS/c1-18-7-5-3-2-4-6-16-13(17)11-8-12(14)10-15-9-11/h8-10H,2-7H2,1H3,(H,16,17). The molecule has 0 aliphatic carbocycles. The smallest absolute Gasteiger partial charge is 0.252 e. The number of hydrogen-bond acceptors (Lipinski definition) is 3. The highest BCUT2D eigenvalue weighted by Crippen LogP contribution is 2.09. The van der Waals surface area contributed by atoms with E-state index >= 15 is 0 Å². The van der Waals surface area contributed by atoms with Gasteiger partial charge in [-0.2, -0.15) is 11.8 Å². The number of pyridine rings is 1. The highest BCUT2D eigenvalue weighted by atomic mass is 79.9. The third-order valence-corrected chi connectivity index (χ3v) is 3.66. The molecule has 0 atom stereocenters. The van der Waals surface area contributed by atoms with Gasteiger partial charge in [-0.25, -0.2) is 0 Å². The lowest BCUT2D eigenvalue weighted by Crippen LogP contribution is -2.24. The average Bonchev–Trinajstić information content (AvgIpc) is 2.37. The van der Waals surface area contributed by atoms with E-state index in [0.717, 1.165) is 17.4 Å². The number of carbonyl (C=O) groups excluding carboxylic acids is 1. The van der Waals surface area contributed by atoms with Gasteiger partial charge in [-0.15, -0.1) is 0 Å². The minimum atomic E-state index is -0.0482. The first-order chi connectivity index (χ1) is 8.74. The Hall–Kier alpha value is -0.550. The minimum Gasteiger partial charge on any atom is -0.352 e. The molecule has 0 aromatic carbocycles. The molecule has 1 N–H and O–H groups in total. The molecule has 1 amide bonds. The lowest BCUT2D eigenvalue weighted by atomic mass is 10.2. The van der Waals surface area contributed by atoms with Crippen molar-refractivity contribution >= 4 is 33.6 Å². The predicted molar refractivity (Wildman–Crippen MR) is 81.1 cm³/mol. The maximum atomic E-state index is 11.8. The van der Waals surface area contributed by atoms with E-state index in [4.69, 9.17) is 0 Å². The van der Waals surface area contributed by atoms with E-state index in [1.165, 1.54) is 25.0 Å². The first-order valence-electron chi connectivity index (χ1n) is 6.11. The summed E-state index contributed by atoms with van der Waals surface area (Å²) in [6, 6.07) is 1.78. The second-order valence-electron chi connectivity index (χ2n) is 4.05. The number of thioether (sulfide) groups is 1. The maximum Gasteiger partial charge on any atom is 0.252 e. The largest absolute Gasteiger partial charge is 0.352 e. The third kappa shape index (κ3) is 6.40. The zero-order valence-electron chi connectivity index (χ0n) is 10.6. The lowest BCUT2D eigenvalue weighted by Gasteiger charge is -2.05. The van der Waals surface area contributed by atoms with Gasteiger partial charge in [0.15, 0.2) is 0 Å². The fourth-order valence-electron chi connectivity index (χ4n) is 1.56. The highest BCUT2D eigenvalue weighted by molar-refractivity contribution is 9.10. The van der Waals surface area contributed by atoms with Crippen LogP contribution in [0, 0.1) is 0 Å². The van der Waals surface area contributed by atoms with Crippen molar-refractivity contribution in [2.24, 2.45) is 0 Å². The van der Waals surface area contributed by atoms with Gasteiger partial charge in [-0.1, -0.05) is 12.8 Å². The molecule has 0 radical (unpaired) electrons. The van der Waals surface area contributed by atoms with Crippen LogP contribution in [0.4, 0.5) is 0 Å². The first kappa shape index (κ1) is 15.5. The van der Waals surface area contributed by atoms with Crippen molar-refractivity contribution in [1.29, 1.82) is 0 Å². The molecule has 1 aromatic rings. The molecular formula is C13H19BrN2OS. The van der Waals surface area contributed by atoms with Crippen molar-refractivity contribution in [1.82, 2.24) is 10.3 Å². The van der Waals surface area contributed by atoms with Gasteiger partial charge in [-0.3, -0.25) is 9.78 Å². The molecule has 0 saturated heterocycles. The van der Waals surface area contributed by atoms with Crippen LogP contribution < -0.4 is 5.32 Å². The molecule has 0 bridgehead atoms. The molecule has 0 aliphatic heterocycles. The Morgan fingerprint density at radius 1 is 1.33 bits per heavy atom. The molecule has 100 valence electrons. The number of carbonyl (C=O) groups is 1. The van der Waals surface area contributed by atoms with Gasteiger partial charge in [0.1, 0.15) is 0 Å². The van der Waals surface area contributed by atoms with Crippen LogP contribution in [0.1, 0.15) is 36.0 Å². The van der Waals surface area contributed by atoms with Crippen molar-refractivity contribution in [3.63, 3.8) is 0 Å². The van der Waals surface area contributed by atoms with Crippen LogP contribution in [-0.4, -0.2) is 29.4 Å². The number of aromatic nitrogens is 1. The van der Waals surface area contributed by atoms with Gasteiger partial charge in [0.25, 0.3) is 5.91 Å². The topological polar surface area (TPSA) is 42.0 Å². The summed E-state index contributed by atoms with van der Waals surface area (Å²) in [7, 11) is 0. The summed E-state index contributed by atoms with van der Waals surface area (Å²) >= 11 is 5.19. The summed E-state index contributed by atoms with van der Waals surface area (Å²) in [5.74, 6) is 1.18. The zero-order chi connectivity index (χ0) is 13.2. The fourth-order valence-corrected chi connectivity index (χ4v) is 2.42. The Kier molecular flexibility index (Phi) is 8.09. The van der Waals surface area contributed by atoms with E-state index in [9.17, 15) is 4.79 Å². The minimum absolute atomic E-state index is 0.0482. The number of hydrogen-bond donors (Lipinski definition) is 1. The Morgan fingerprint density at radius 3 is 2.83 bits per heavy atom. The molecule has 1 aromatic heterocycles. The first-order valence-corrected chi connectivity index (χ1v) is 8.30. The molecule has 0 spiro atoms. The SMILES string of the molecule is CSCCCCCCNC(=O)c1cncc(Br)c1. The predicted octanol–water partition coefficient (Wildman–Crippen LogP) is 3.50. The molecule has 0 unspecified atom stereocenters. The van der Waals surface area contributed by atoms with Gasteiger partial charge in [-0.05, 0) is 46.8 Å². The van der Waals surface area contributed by atoms with Crippen molar-refractivity contribution in [3.8, 4) is 0 Å². The zero-order valence-corrected chi connectivity index (χ0v) is 13.0. The molecule has 1 heterocycles. The number of nitrogens with zero attached hydrogens (tertiary/aromatic N) is 1. The summed E-state index contributed by atoms with van der Waals surface area (Å²) in [5, 5.41) is 2.91. The Bertz CT molecular complexity index is 374. The van der Waals surface area contributed by atoms with E-state index < -0.39 is 0 Å². The Balaban J connectivity index is 2.14. The molecule has 18 heavy (non-hydrogen) atoms. The summed E-state index contributed by atoms with van der Waals surface area (Å²) < 4.78 is 0.826. The van der Waals surface area contributed by atoms with Gasteiger partial charge in [0.2, 0.25) is 0 Å². The number of halogens is 1. The van der Waals surface area contributed by atoms with Gasteiger partial charge in [0.05, 0.1) is 5.56 Å². The van der Waals surface area contributed by atoms with E-state index in [0.29, 0.717) is 5.56 Å². The van der Waals surface area contributed by atoms with E-state index in [1.54, 1.807) is 18.5 Å². The average molecular weight is 331 g/mol. The van der Waals surface area contributed by atoms with Crippen LogP contribution in [0.25, 0.3) is 0 Å². The third-order valence-electron chi connectivity index (χ3n) is 2.53. The monoisotopic (exact) mass is 330 g/mol. The number of unbranched alkanes of at least 4 members (excludes halogenated alkanes) is 3. The van der Waals surface area contributed by atoms with Crippen LogP contribution >= 0.6 is 27.7 Å². The van der Waals surface area contributed by atoms with Crippen molar-refractivity contribution in [3.05, 3.63) is 28.5 Å². The van der Waals surface area contributed by atoms with Gasteiger partial charge >= 0.3 is 0 Å². The van der Waals surface area contributed by atoms with Gasteiger partial charge in [0, 0.05) is 23.4 Å². The summed E-state index contributed by atoms with van der Waals surface area (Å²) in [4.78, 5) is 15.7. The van der Waals surface area contributed by atoms with Crippen molar-refractivity contribution in [2.75, 3.05) is 18.6 Å².